The van der Waals surface area contributed by atoms with E-state index in [-0.39, 0.29) is 36.0 Å². The zero-order valence-corrected chi connectivity index (χ0v) is 15.0. The van der Waals surface area contributed by atoms with E-state index in [0.717, 1.165) is 0 Å². The predicted octanol–water partition coefficient (Wildman–Crippen LogP) is -1.25. The van der Waals surface area contributed by atoms with Gasteiger partial charge in [0.15, 0.2) is 15.7 Å². The lowest BCUT2D eigenvalue weighted by Crippen LogP contribution is -2.60. The van der Waals surface area contributed by atoms with Crippen molar-refractivity contribution in [2.45, 2.75) is 25.6 Å². The van der Waals surface area contributed by atoms with E-state index < -0.39 is 9.84 Å². The van der Waals surface area contributed by atoms with Crippen LogP contribution in [0.3, 0.4) is 0 Å². The summed E-state index contributed by atoms with van der Waals surface area (Å²) in [5.74, 6) is 1.26. The molecule has 134 valence electrons. The van der Waals surface area contributed by atoms with E-state index >= 15 is 0 Å². The third kappa shape index (κ3) is 3.60. The molecule has 24 heavy (non-hydrogen) atoms. The Morgan fingerprint density at radius 2 is 1.88 bits per heavy atom. The van der Waals surface area contributed by atoms with E-state index in [2.05, 4.69) is 15.0 Å². The highest BCUT2D eigenvalue weighted by atomic mass is 32.2. The maximum Gasteiger partial charge on any atom is 0.236 e. The third-order valence-corrected chi connectivity index (χ3v) is 6.36. The Balaban J connectivity index is 1.76. The van der Waals surface area contributed by atoms with Gasteiger partial charge in [0.05, 0.1) is 24.6 Å². The van der Waals surface area contributed by atoms with Crippen LogP contribution in [0.4, 0.5) is 0 Å². The van der Waals surface area contributed by atoms with Gasteiger partial charge in [0, 0.05) is 46.2 Å². The van der Waals surface area contributed by atoms with Crippen molar-refractivity contribution in [1.29, 1.82) is 0 Å². The van der Waals surface area contributed by atoms with Crippen molar-refractivity contribution >= 4 is 15.7 Å². The standard InChI is InChI=1S/C14H23N5O4S/c1-10-15-13(16-23-10)6-18-4-5-19(7-14(20)17(2)3)12-9-24(21,22)8-11(12)18/h11-12H,4-9H2,1-3H3/t11-,12+/m0/s1. The summed E-state index contributed by atoms with van der Waals surface area (Å²) in [5.41, 5.74) is 0. The van der Waals surface area contributed by atoms with E-state index in [1.165, 1.54) is 4.90 Å². The van der Waals surface area contributed by atoms with Crippen LogP contribution in [0.1, 0.15) is 11.7 Å². The van der Waals surface area contributed by atoms with Crippen molar-refractivity contribution in [3.05, 3.63) is 11.7 Å². The number of piperazine rings is 1. The average Bonchev–Trinajstić information content (AvgIpc) is 3.03. The molecule has 1 aromatic rings. The molecule has 0 aromatic carbocycles. The maximum atomic E-state index is 12.2. The second-order valence-corrected chi connectivity index (χ2v) is 8.82. The van der Waals surface area contributed by atoms with E-state index in [9.17, 15) is 13.2 Å². The second kappa shape index (κ2) is 6.41. The molecule has 0 saturated carbocycles. The first-order valence-corrected chi connectivity index (χ1v) is 9.75. The summed E-state index contributed by atoms with van der Waals surface area (Å²) in [4.78, 5) is 21.9. The van der Waals surface area contributed by atoms with Crippen molar-refractivity contribution in [3.8, 4) is 0 Å². The summed E-state index contributed by atoms with van der Waals surface area (Å²) in [5, 5.41) is 3.90. The fourth-order valence-electron chi connectivity index (χ4n) is 3.39. The number of aromatic nitrogens is 2. The lowest BCUT2D eigenvalue weighted by Gasteiger charge is -2.43. The molecule has 2 fully saturated rings. The number of fused-ring (bicyclic) bond motifs is 1. The average molecular weight is 357 g/mol. The molecule has 0 bridgehead atoms. The summed E-state index contributed by atoms with van der Waals surface area (Å²) in [6.07, 6.45) is 0. The van der Waals surface area contributed by atoms with Gasteiger partial charge in [-0.15, -0.1) is 0 Å². The number of hydrogen-bond acceptors (Lipinski definition) is 8. The number of aryl methyl sites for hydroxylation is 1. The van der Waals surface area contributed by atoms with Gasteiger partial charge in [0.2, 0.25) is 11.8 Å². The number of nitrogens with zero attached hydrogens (tertiary/aromatic N) is 5. The van der Waals surface area contributed by atoms with Crippen molar-refractivity contribution in [2.24, 2.45) is 0 Å². The van der Waals surface area contributed by atoms with Gasteiger partial charge >= 0.3 is 0 Å². The van der Waals surface area contributed by atoms with Crippen molar-refractivity contribution in [2.75, 3.05) is 45.2 Å². The van der Waals surface area contributed by atoms with Crippen LogP contribution in [0.25, 0.3) is 0 Å². The molecule has 10 heteroatoms. The normalized spacial score (nSPS) is 27.1. The number of rotatable bonds is 4. The summed E-state index contributed by atoms with van der Waals surface area (Å²) in [6, 6.07) is -0.307. The second-order valence-electron chi connectivity index (χ2n) is 6.67. The molecule has 0 N–H and O–H groups in total. The van der Waals surface area contributed by atoms with E-state index in [1.54, 1.807) is 21.0 Å². The Morgan fingerprint density at radius 3 is 2.46 bits per heavy atom. The Kier molecular flexibility index (Phi) is 4.63. The number of amides is 1. The number of likely N-dealkylation sites (N-methyl/N-ethyl adjacent to an activating group) is 1. The molecule has 9 nitrogen and oxygen atoms in total. The maximum absolute atomic E-state index is 12.2. The van der Waals surface area contributed by atoms with Gasteiger partial charge in [-0.2, -0.15) is 4.98 Å². The lowest BCUT2D eigenvalue weighted by atomic mass is 10.0. The van der Waals surface area contributed by atoms with Gasteiger partial charge in [-0.05, 0) is 0 Å². The van der Waals surface area contributed by atoms with Crippen LogP contribution in [0.5, 0.6) is 0 Å². The molecule has 2 aliphatic rings. The number of hydrogen-bond donors (Lipinski definition) is 0. The van der Waals surface area contributed by atoms with Crippen molar-refractivity contribution in [3.63, 3.8) is 0 Å². The molecule has 0 aliphatic carbocycles. The Labute approximate surface area is 141 Å². The predicted molar refractivity (Wildman–Crippen MR) is 85.9 cm³/mol. The molecule has 3 rings (SSSR count). The highest BCUT2D eigenvalue weighted by Gasteiger charge is 2.47. The van der Waals surface area contributed by atoms with Gasteiger partial charge < -0.3 is 9.42 Å². The van der Waals surface area contributed by atoms with Gasteiger partial charge in [0.25, 0.3) is 0 Å². The van der Waals surface area contributed by atoms with Gasteiger partial charge in [0.1, 0.15) is 0 Å². The molecule has 1 amide bonds. The van der Waals surface area contributed by atoms with Crippen molar-refractivity contribution < 1.29 is 17.7 Å². The topological polar surface area (TPSA) is 99.9 Å². The first-order valence-electron chi connectivity index (χ1n) is 7.93. The van der Waals surface area contributed by atoms with Crippen LogP contribution in [-0.2, 0) is 21.2 Å². The minimum Gasteiger partial charge on any atom is -0.348 e. The van der Waals surface area contributed by atoms with Gasteiger partial charge in [-0.25, -0.2) is 8.42 Å². The minimum absolute atomic E-state index is 0.0136. The molecule has 0 spiro atoms. The fraction of sp³-hybridized carbons (Fsp3) is 0.786. The first kappa shape index (κ1) is 17.3. The monoisotopic (exact) mass is 357 g/mol. The van der Waals surface area contributed by atoms with Gasteiger partial charge in [-0.1, -0.05) is 5.16 Å². The first-order chi connectivity index (χ1) is 11.2. The zero-order chi connectivity index (χ0) is 17.5. The lowest BCUT2D eigenvalue weighted by molar-refractivity contribution is -0.131. The Bertz CT molecular complexity index is 717. The van der Waals surface area contributed by atoms with Crippen LogP contribution in [0.2, 0.25) is 0 Å². The molecular formula is C14H23N5O4S. The quantitative estimate of drug-likeness (QED) is 0.659. The third-order valence-electron chi connectivity index (χ3n) is 4.66. The summed E-state index contributed by atoms with van der Waals surface area (Å²) < 4.78 is 29.3. The largest absolute Gasteiger partial charge is 0.348 e. The smallest absolute Gasteiger partial charge is 0.236 e. The zero-order valence-electron chi connectivity index (χ0n) is 14.2. The summed E-state index contributed by atoms with van der Waals surface area (Å²) in [7, 11) is 0.306. The van der Waals surface area contributed by atoms with E-state index in [1.807, 2.05) is 4.90 Å². The summed E-state index contributed by atoms with van der Waals surface area (Å²) >= 11 is 0. The van der Waals surface area contributed by atoms with Crippen LogP contribution >= 0.6 is 0 Å². The molecule has 2 saturated heterocycles. The fourth-order valence-corrected chi connectivity index (χ4v) is 5.43. The Morgan fingerprint density at radius 1 is 1.25 bits per heavy atom. The van der Waals surface area contributed by atoms with Crippen LogP contribution < -0.4 is 0 Å². The molecule has 2 aliphatic heterocycles. The Hall–Kier alpha value is -1.52. The molecule has 2 atom stereocenters. The highest BCUT2D eigenvalue weighted by Crippen LogP contribution is 2.27. The van der Waals surface area contributed by atoms with Crippen LogP contribution in [0.15, 0.2) is 4.52 Å². The highest BCUT2D eigenvalue weighted by molar-refractivity contribution is 7.91. The van der Waals surface area contributed by atoms with Gasteiger partial charge in [-0.3, -0.25) is 14.6 Å². The number of sulfone groups is 1. The molecular weight excluding hydrogens is 334 g/mol. The molecule has 0 radical (unpaired) electrons. The van der Waals surface area contributed by atoms with Crippen molar-refractivity contribution in [1.82, 2.24) is 24.8 Å². The number of carbonyl (C=O) groups is 1. The van der Waals surface area contributed by atoms with Crippen LogP contribution in [-0.4, -0.2) is 96.5 Å². The molecule has 3 heterocycles. The molecule has 0 unspecified atom stereocenters. The van der Waals surface area contributed by atoms with E-state index in [4.69, 9.17) is 4.52 Å². The van der Waals surface area contributed by atoms with Crippen LogP contribution in [0, 0.1) is 6.92 Å². The molecule has 1 aromatic heterocycles. The minimum atomic E-state index is -3.11. The SMILES string of the molecule is Cc1nc(CN2CCN(CC(=O)N(C)C)[C@@H]3CS(=O)(=O)C[C@@H]32)no1. The number of carbonyl (C=O) groups excluding carboxylic acids is 1. The summed E-state index contributed by atoms with van der Waals surface area (Å²) in [6.45, 7) is 3.75. The van der Waals surface area contributed by atoms with E-state index in [0.29, 0.717) is 31.3 Å².